The zero-order valence-corrected chi connectivity index (χ0v) is 34.8. The van der Waals surface area contributed by atoms with Crippen molar-refractivity contribution in [3.05, 3.63) is 82.9 Å². The largest absolute Gasteiger partial charge is 0.490 e. The third-order valence-corrected chi connectivity index (χ3v) is 10.2. The van der Waals surface area contributed by atoms with Crippen LogP contribution in [0.1, 0.15) is 99.1 Å². The smallest absolute Gasteiger partial charge is 0.410 e. The fourth-order valence-electron chi connectivity index (χ4n) is 6.07. The van der Waals surface area contributed by atoms with Gasteiger partial charge in [-0.15, -0.1) is 0 Å². The number of benzene rings is 2. The molecule has 4 aliphatic rings. The average molecular weight is 827 g/mol. The van der Waals surface area contributed by atoms with Crippen LogP contribution in [0.2, 0.25) is 0 Å². The standard InChI is InChI=1S/C21H25NO6.C11H21NO3S.C10H5ClO2/c1-20(2,3)28-19(25)22-10-8-21(26,9-11-22)13-27-17-12-16(23)18(24)15-7-5-4-6-14(15)17;1-10(2,3)15-9(13)12-6-4-11(14,8-16)5-7-12;11-8-5-9(12)10(13)7-4-2-1-3-6(7)8/h4-7,12,26H,8-11,13H2,1-3H3;14,16H,4-8H2,1-3H3;1-5H. The number of fused-ring (bicyclic) bond motifs is 2. The predicted molar refractivity (Wildman–Crippen MR) is 217 cm³/mol. The lowest BCUT2D eigenvalue weighted by molar-refractivity contribution is -0.111. The predicted octanol–water partition coefficient (Wildman–Crippen LogP) is 6.28. The fraction of sp³-hybridized carbons (Fsp3) is 0.476. The van der Waals surface area contributed by atoms with Crippen molar-refractivity contribution in [3.8, 4) is 0 Å². The summed E-state index contributed by atoms with van der Waals surface area (Å²) in [6, 6.07) is 13.5. The van der Waals surface area contributed by atoms with Crippen molar-refractivity contribution in [2.75, 3.05) is 38.5 Å². The van der Waals surface area contributed by atoms with E-state index in [1.54, 1.807) is 79.1 Å². The van der Waals surface area contributed by atoms with Gasteiger partial charge in [-0.2, -0.15) is 12.6 Å². The van der Waals surface area contributed by atoms with Crippen molar-refractivity contribution < 1.29 is 53.2 Å². The molecule has 2 N–H and O–H groups in total. The zero-order chi connectivity index (χ0) is 42.3. The van der Waals surface area contributed by atoms with Crippen LogP contribution in [-0.4, -0.2) is 116 Å². The summed E-state index contributed by atoms with van der Waals surface area (Å²) in [4.78, 5) is 73.3. The molecule has 2 heterocycles. The second kappa shape index (κ2) is 18.4. The lowest BCUT2D eigenvalue weighted by Gasteiger charge is -2.38. The van der Waals surface area contributed by atoms with Crippen molar-refractivity contribution in [2.24, 2.45) is 0 Å². The van der Waals surface area contributed by atoms with Gasteiger partial charge in [0.2, 0.25) is 23.1 Å². The Kier molecular flexibility index (Phi) is 14.6. The number of nitrogens with zero attached hydrogens (tertiary/aromatic N) is 2. The number of Topliss-reactive ketones (excluding diaryl/α,β-unsaturated/α-hetero) is 2. The highest BCUT2D eigenvalue weighted by Crippen LogP contribution is 2.31. The van der Waals surface area contributed by atoms with Crippen LogP contribution in [0, 0.1) is 0 Å². The van der Waals surface area contributed by atoms with Gasteiger partial charge in [-0.05, 0) is 67.2 Å². The van der Waals surface area contributed by atoms with Gasteiger partial charge in [-0.3, -0.25) is 19.2 Å². The minimum Gasteiger partial charge on any atom is -0.490 e. The van der Waals surface area contributed by atoms with E-state index in [4.69, 9.17) is 25.8 Å². The highest BCUT2D eigenvalue weighted by molar-refractivity contribution is 7.80. The van der Waals surface area contributed by atoms with E-state index in [0.29, 0.717) is 84.9 Å². The molecular formula is C42H51ClN2O11S. The molecule has 2 aliphatic heterocycles. The molecule has 0 aromatic heterocycles. The Morgan fingerprint density at radius 3 is 1.49 bits per heavy atom. The highest BCUT2D eigenvalue weighted by atomic mass is 35.5. The van der Waals surface area contributed by atoms with Gasteiger partial charge < -0.3 is 34.2 Å². The third-order valence-electron chi connectivity index (χ3n) is 9.32. The lowest BCUT2D eigenvalue weighted by Crippen LogP contribution is -2.50. The minimum absolute atomic E-state index is 0.0310. The number of allylic oxidation sites excluding steroid dienone is 2. The summed E-state index contributed by atoms with van der Waals surface area (Å²) in [6.07, 6.45) is 3.42. The molecule has 0 saturated carbocycles. The normalized spacial score (nSPS) is 18.6. The van der Waals surface area contributed by atoms with Crippen LogP contribution in [0.4, 0.5) is 9.59 Å². The first-order valence-corrected chi connectivity index (χ1v) is 19.6. The van der Waals surface area contributed by atoms with Crippen LogP contribution in [0.5, 0.6) is 0 Å². The topological polar surface area (TPSA) is 177 Å². The van der Waals surface area contributed by atoms with Crippen LogP contribution < -0.4 is 0 Å². The van der Waals surface area contributed by atoms with Crippen molar-refractivity contribution >= 4 is 70.3 Å². The highest BCUT2D eigenvalue weighted by Gasteiger charge is 2.38. The molecule has 15 heteroatoms. The Morgan fingerprint density at radius 1 is 0.667 bits per heavy atom. The number of rotatable bonds is 4. The molecule has 2 aromatic carbocycles. The Bertz CT molecular complexity index is 1930. The first-order chi connectivity index (χ1) is 26.5. The number of amides is 2. The third kappa shape index (κ3) is 12.5. The van der Waals surface area contributed by atoms with Crippen molar-refractivity contribution in [2.45, 2.75) is 89.6 Å². The van der Waals surface area contributed by atoms with E-state index in [1.807, 2.05) is 20.8 Å². The quantitative estimate of drug-likeness (QED) is 0.234. The molecule has 0 spiro atoms. The van der Waals surface area contributed by atoms with Gasteiger partial charge in [-0.25, -0.2) is 9.59 Å². The zero-order valence-electron chi connectivity index (χ0n) is 33.1. The maximum absolute atomic E-state index is 12.1. The number of likely N-dealkylation sites (tertiary alicyclic amines) is 2. The molecule has 6 rings (SSSR count). The van der Waals surface area contributed by atoms with Crippen LogP contribution in [0.3, 0.4) is 0 Å². The number of hydrogen-bond acceptors (Lipinski definition) is 12. The molecule has 0 unspecified atom stereocenters. The van der Waals surface area contributed by atoms with E-state index in [2.05, 4.69) is 12.6 Å². The first kappa shape index (κ1) is 45.2. The second-order valence-corrected chi connectivity index (χ2v) is 17.0. The van der Waals surface area contributed by atoms with Gasteiger partial charge >= 0.3 is 12.2 Å². The number of halogens is 1. The Morgan fingerprint density at radius 2 is 1.05 bits per heavy atom. The van der Waals surface area contributed by atoms with Crippen LogP contribution >= 0.6 is 24.2 Å². The van der Waals surface area contributed by atoms with Gasteiger partial charge in [0.25, 0.3) is 0 Å². The maximum atomic E-state index is 12.1. The van der Waals surface area contributed by atoms with Crippen LogP contribution in [0.15, 0.2) is 60.7 Å². The molecule has 308 valence electrons. The molecule has 13 nitrogen and oxygen atoms in total. The molecule has 2 saturated heterocycles. The molecule has 0 atom stereocenters. The summed E-state index contributed by atoms with van der Waals surface area (Å²) >= 11 is 9.91. The summed E-state index contributed by atoms with van der Waals surface area (Å²) < 4.78 is 16.4. The van der Waals surface area contributed by atoms with Crippen molar-refractivity contribution in [1.29, 1.82) is 0 Å². The van der Waals surface area contributed by atoms with E-state index >= 15 is 0 Å². The Hall–Kier alpha value is -4.50. The second-order valence-electron chi connectivity index (χ2n) is 16.3. The average Bonchev–Trinajstić information content (AvgIpc) is 3.14. The molecule has 2 amide bonds. The molecule has 0 bridgehead atoms. The molecule has 2 aliphatic carbocycles. The minimum atomic E-state index is -1.13. The number of piperidine rings is 2. The van der Waals surface area contributed by atoms with Gasteiger partial charge in [0.15, 0.2) is 0 Å². The number of carbonyl (C=O) groups excluding carboxylic acids is 6. The van der Waals surface area contributed by atoms with E-state index in [1.165, 1.54) is 6.08 Å². The summed E-state index contributed by atoms with van der Waals surface area (Å²) in [5.74, 6) is -1.52. The number of ketones is 4. The SMILES string of the molecule is CC(C)(C)OC(=O)N1CCC(O)(COC2=CC(=O)C(=O)c3ccccc32)CC1.CC(C)(C)OC(=O)N1CCC(O)(CS)CC1.O=C1C=C(Cl)c2ccccc2C1=O. The van der Waals surface area contributed by atoms with Gasteiger partial charge in [0, 0.05) is 66.3 Å². The van der Waals surface area contributed by atoms with Crippen molar-refractivity contribution in [1.82, 2.24) is 9.80 Å². The molecule has 2 fully saturated rings. The van der Waals surface area contributed by atoms with Crippen LogP contribution in [0.25, 0.3) is 10.8 Å². The van der Waals surface area contributed by atoms with Crippen LogP contribution in [-0.2, 0) is 23.8 Å². The summed E-state index contributed by atoms with van der Waals surface area (Å²) in [6.45, 7) is 12.7. The maximum Gasteiger partial charge on any atom is 0.410 e. The monoisotopic (exact) mass is 826 g/mol. The van der Waals surface area contributed by atoms with Gasteiger partial charge in [-0.1, -0.05) is 60.1 Å². The van der Waals surface area contributed by atoms with Gasteiger partial charge in [0.05, 0.1) is 10.6 Å². The molecular weight excluding hydrogens is 776 g/mol. The summed E-state index contributed by atoms with van der Waals surface area (Å²) in [5, 5.41) is 21.1. The fourth-order valence-corrected chi connectivity index (χ4v) is 6.65. The first-order valence-electron chi connectivity index (χ1n) is 18.6. The van der Waals surface area contributed by atoms with E-state index in [-0.39, 0.29) is 18.5 Å². The van der Waals surface area contributed by atoms with E-state index < -0.39 is 51.6 Å². The summed E-state index contributed by atoms with van der Waals surface area (Å²) in [5.41, 5.74) is -1.01. The molecule has 0 radical (unpaired) electrons. The van der Waals surface area contributed by atoms with Crippen molar-refractivity contribution in [3.63, 3.8) is 0 Å². The van der Waals surface area contributed by atoms with E-state index in [0.717, 1.165) is 6.08 Å². The summed E-state index contributed by atoms with van der Waals surface area (Å²) in [7, 11) is 0. The molecule has 57 heavy (non-hydrogen) atoms. The molecule has 2 aromatic rings. The number of carbonyl (C=O) groups is 6. The number of hydrogen-bond donors (Lipinski definition) is 3. The number of ether oxygens (including phenoxy) is 3. The number of aliphatic hydroxyl groups is 2. The Labute approximate surface area is 343 Å². The lowest BCUT2D eigenvalue weighted by atomic mass is 9.91. The Balaban J connectivity index is 0.000000209. The van der Waals surface area contributed by atoms with E-state index in [9.17, 15) is 39.0 Å². The van der Waals surface area contributed by atoms with Gasteiger partial charge in [0.1, 0.15) is 29.2 Å². The number of thiol groups is 1.